The van der Waals surface area contributed by atoms with Gasteiger partial charge in [0.05, 0.1) is 24.2 Å². The van der Waals surface area contributed by atoms with Crippen LogP contribution in [0.3, 0.4) is 0 Å². The first kappa shape index (κ1) is 21.9. The number of carbonyl (C=O) groups is 1. The number of hydrogen-bond acceptors (Lipinski definition) is 6. The van der Waals surface area contributed by atoms with E-state index in [1.165, 1.54) is 11.8 Å². The molecule has 0 saturated carbocycles. The molecule has 0 radical (unpaired) electrons. The molecule has 9 heteroatoms. The number of halogens is 1. The van der Waals surface area contributed by atoms with Gasteiger partial charge < -0.3 is 10.1 Å². The number of rotatable bonds is 7. The van der Waals surface area contributed by atoms with Crippen LogP contribution in [0.25, 0.3) is 17.1 Å². The van der Waals surface area contributed by atoms with E-state index in [1.54, 1.807) is 31.6 Å². The Bertz CT molecular complexity index is 1250. The van der Waals surface area contributed by atoms with Crippen molar-refractivity contribution in [3.8, 4) is 22.8 Å². The summed E-state index contributed by atoms with van der Waals surface area (Å²) in [5, 5.41) is 12.9. The zero-order valence-corrected chi connectivity index (χ0v) is 19.0. The van der Waals surface area contributed by atoms with Crippen molar-refractivity contribution in [1.82, 2.24) is 19.7 Å². The second kappa shape index (κ2) is 9.84. The SMILES string of the molecule is COc1ccccc1NC(=O)CSc1nnc(-c2ccncc2)n1-c1cccc(Cl)c1C. The van der Waals surface area contributed by atoms with E-state index in [2.05, 4.69) is 20.5 Å². The van der Waals surface area contributed by atoms with E-state index in [1.807, 2.05) is 54.0 Å². The maximum absolute atomic E-state index is 12.6. The van der Waals surface area contributed by atoms with Crippen LogP contribution in [0, 0.1) is 6.92 Å². The number of amides is 1. The molecule has 0 unspecified atom stereocenters. The highest BCUT2D eigenvalue weighted by atomic mass is 35.5. The maximum Gasteiger partial charge on any atom is 0.234 e. The molecule has 0 atom stereocenters. The smallest absolute Gasteiger partial charge is 0.234 e. The lowest BCUT2D eigenvalue weighted by atomic mass is 10.2. The number of carbonyl (C=O) groups excluding carboxylic acids is 1. The van der Waals surface area contributed by atoms with Crippen LogP contribution in [0.2, 0.25) is 5.02 Å². The minimum Gasteiger partial charge on any atom is -0.495 e. The number of para-hydroxylation sites is 2. The topological polar surface area (TPSA) is 81.9 Å². The molecule has 0 saturated heterocycles. The molecule has 0 aliphatic rings. The Hall–Kier alpha value is -3.36. The summed E-state index contributed by atoms with van der Waals surface area (Å²) in [4.78, 5) is 16.7. The van der Waals surface area contributed by atoms with Crippen LogP contribution in [0.15, 0.2) is 72.1 Å². The lowest BCUT2D eigenvalue weighted by Crippen LogP contribution is -2.15. The van der Waals surface area contributed by atoms with E-state index in [0.717, 1.165) is 16.8 Å². The Morgan fingerprint density at radius 3 is 2.66 bits per heavy atom. The summed E-state index contributed by atoms with van der Waals surface area (Å²) in [6, 6.07) is 16.7. The summed E-state index contributed by atoms with van der Waals surface area (Å²) >= 11 is 7.67. The number of thioether (sulfide) groups is 1. The Kier molecular flexibility index (Phi) is 6.72. The van der Waals surface area contributed by atoms with Crippen LogP contribution in [-0.2, 0) is 4.79 Å². The first-order valence-electron chi connectivity index (χ1n) is 9.75. The largest absolute Gasteiger partial charge is 0.495 e. The van der Waals surface area contributed by atoms with E-state index >= 15 is 0 Å². The maximum atomic E-state index is 12.6. The summed E-state index contributed by atoms with van der Waals surface area (Å²) in [7, 11) is 1.57. The number of benzene rings is 2. The normalized spacial score (nSPS) is 10.7. The zero-order valence-electron chi connectivity index (χ0n) is 17.4. The van der Waals surface area contributed by atoms with Gasteiger partial charge in [0.15, 0.2) is 11.0 Å². The number of aromatic nitrogens is 4. The van der Waals surface area contributed by atoms with Crippen LogP contribution >= 0.6 is 23.4 Å². The number of pyridine rings is 1. The molecule has 0 bridgehead atoms. The monoisotopic (exact) mass is 465 g/mol. The fraction of sp³-hybridized carbons (Fsp3) is 0.130. The molecule has 0 fully saturated rings. The van der Waals surface area contributed by atoms with Gasteiger partial charge in [0.2, 0.25) is 5.91 Å². The quantitative estimate of drug-likeness (QED) is 0.385. The van der Waals surface area contributed by atoms with Crippen molar-refractivity contribution in [2.24, 2.45) is 0 Å². The Morgan fingerprint density at radius 1 is 1.09 bits per heavy atom. The number of hydrogen-bond donors (Lipinski definition) is 1. The molecule has 4 rings (SSSR count). The minimum absolute atomic E-state index is 0.145. The zero-order chi connectivity index (χ0) is 22.5. The second-order valence-electron chi connectivity index (χ2n) is 6.80. The van der Waals surface area contributed by atoms with E-state index in [0.29, 0.717) is 27.4 Å². The molecule has 2 aromatic carbocycles. The van der Waals surface area contributed by atoms with Gasteiger partial charge >= 0.3 is 0 Å². The predicted octanol–water partition coefficient (Wildman–Crippen LogP) is 5.03. The third kappa shape index (κ3) is 4.61. The van der Waals surface area contributed by atoms with Crippen molar-refractivity contribution in [3.63, 3.8) is 0 Å². The second-order valence-corrected chi connectivity index (χ2v) is 8.15. The molecule has 2 heterocycles. The fourth-order valence-electron chi connectivity index (χ4n) is 3.17. The van der Waals surface area contributed by atoms with Crippen molar-refractivity contribution in [2.75, 3.05) is 18.2 Å². The first-order chi connectivity index (χ1) is 15.6. The van der Waals surface area contributed by atoms with Crippen LogP contribution in [0.5, 0.6) is 5.75 Å². The number of methoxy groups -OCH3 is 1. The third-order valence-electron chi connectivity index (χ3n) is 4.77. The third-order valence-corrected chi connectivity index (χ3v) is 6.10. The molecular weight excluding hydrogens is 446 g/mol. The number of nitrogens with zero attached hydrogens (tertiary/aromatic N) is 4. The first-order valence-corrected chi connectivity index (χ1v) is 11.1. The molecule has 0 spiro atoms. The molecule has 1 amide bonds. The van der Waals surface area contributed by atoms with Crippen molar-refractivity contribution < 1.29 is 9.53 Å². The highest BCUT2D eigenvalue weighted by molar-refractivity contribution is 7.99. The minimum atomic E-state index is -0.178. The van der Waals surface area contributed by atoms with Crippen molar-refractivity contribution in [1.29, 1.82) is 0 Å². The lowest BCUT2D eigenvalue weighted by Gasteiger charge is -2.14. The van der Waals surface area contributed by atoms with Gasteiger partial charge in [0.1, 0.15) is 5.75 Å². The van der Waals surface area contributed by atoms with Gasteiger partial charge in [-0.3, -0.25) is 14.3 Å². The fourth-order valence-corrected chi connectivity index (χ4v) is 4.09. The van der Waals surface area contributed by atoms with E-state index in [4.69, 9.17) is 16.3 Å². The van der Waals surface area contributed by atoms with Crippen molar-refractivity contribution in [2.45, 2.75) is 12.1 Å². The van der Waals surface area contributed by atoms with Gasteiger partial charge in [0, 0.05) is 23.0 Å². The average molecular weight is 466 g/mol. The standard InChI is InChI=1S/C23H20ClN5O2S/c1-15-17(24)6-5-8-19(15)29-22(16-10-12-25-13-11-16)27-28-23(29)32-14-21(30)26-18-7-3-4-9-20(18)31-2/h3-13H,14H2,1-2H3,(H,26,30). The van der Waals surface area contributed by atoms with Gasteiger partial charge in [-0.1, -0.05) is 41.6 Å². The van der Waals surface area contributed by atoms with E-state index < -0.39 is 0 Å². The Balaban J connectivity index is 1.64. The van der Waals surface area contributed by atoms with Gasteiger partial charge in [0.25, 0.3) is 0 Å². The molecule has 162 valence electrons. The van der Waals surface area contributed by atoms with Crippen LogP contribution in [0.4, 0.5) is 5.69 Å². The van der Waals surface area contributed by atoms with Crippen LogP contribution in [-0.4, -0.2) is 38.5 Å². The molecule has 7 nitrogen and oxygen atoms in total. The van der Waals surface area contributed by atoms with Gasteiger partial charge in [-0.2, -0.15) is 0 Å². The number of anilines is 1. The van der Waals surface area contributed by atoms with Gasteiger partial charge in [-0.15, -0.1) is 10.2 Å². The summed E-state index contributed by atoms with van der Waals surface area (Å²) in [5.41, 5.74) is 3.22. The molecular formula is C23H20ClN5O2S. The molecule has 32 heavy (non-hydrogen) atoms. The van der Waals surface area contributed by atoms with E-state index in [9.17, 15) is 4.79 Å². The highest BCUT2D eigenvalue weighted by Gasteiger charge is 2.19. The molecule has 0 aliphatic heterocycles. The molecule has 4 aromatic rings. The number of ether oxygens (including phenoxy) is 1. The summed E-state index contributed by atoms with van der Waals surface area (Å²) in [6.45, 7) is 1.94. The van der Waals surface area contributed by atoms with Gasteiger partial charge in [-0.05, 0) is 48.9 Å². The van der Waals surface area contributed by atoms with Crippen molar-refractivity contribution >= 4 is 35.0 Å². The summed E-state index contributed by atoms with van der Waals surface area (Å²) in [6.07, 6.45) is 3.40. The molecule has 0 aliphatic carbocycles. The van der Waals surface area contributed by atoms with E-state index in [-0.39, 0.29) is 11.7 Å². The summed E-state index contributed by atoms with van der Waals surface area (Å²) < 4.78 is 7.21. The van der Waals surface area contributed by atoms with Crippen LogP contribution in [0.1, 0.15) is 5.56 Å². The Morgan fingerprint density at radius 2 is 1.88 bits per heavy atom. The lowest BCUT2D eigenvalue weighted by molar-refractivity contribution is -0.113. The predicted molar refractivity (Wildman–Crippen MR) is 127 cm³/mol. The van der Waals surface area contributed by atoms with Crippen LogP contribution < -0.4 is 10.1 Å². The highest BCUT2D eigenvalue weighted by Crippen LogP contribution is 2.32. The molecule has 1 N–H and O–H groups in total. The average Bonchev–Trinajstić information content (AvgIpc) is 3.24. The Labute approximate surface area is 194 Å². The summed E-state index contributed by atoms with van der Waals surface area (Å²) in [5.74, 6) is 1.21. The van der Waals surface area contributed by atoms with Crippen molar-refractivity contribution in [3.05, 3.63) is 77.6 Å². The van der Waals surface area contributed by atoms with Gasteiger partial charge in [-0.25, -0.2) is 0 Å². The number of nitrogens with one attached hydrogen (secondary N) is 1. The molecule has 2 aromatic heterocycles.